The molecule has 104 valence electrons. The van der Waals surface area contributed by atoms with Crippen molar-refractivity contribution >= 4 is 44.1 Å². The van der Waals surface area contributed by atoms with Crippen molar-refractivity contribution < 1.29 is 9.31 Å². The molecule has 0 amide bonds. The lowest BCUT2D eigenvalue weighted by atomic mass is 9.78. The lowest BCUT2D eigenvalue weighted by molar-refractivity contribution is 0.173. The third-order valence-corrected chi connectivity index (χ3v) is 5.15. The van der Waals surface area contributed by atoms with Gasteiger partial charge < -0.3 is 9.31 Å². The van der Waals surface area contributed by atoms with Gasteiger partial charge in [0.1, 0.15) is 5.60 Å². The molecule has 3 aromatic rings. The highest BCUT2D eigenvalue weighted by Crippen LogP contribution is 2.34. The van der Waals surface area contributed by atoms with Crippen LogP contribution in [0.4, 0.5) is 0 Å². The third-order valence-electron chi connectivity index (χ3n) is 4.00. The number of hydrogen-bond acceptors (Lipinski definition) is 3. The van der Waals surface area contributed by atoms with Crippen LogP contribution >= 0.6 is 11.3 Å². The van der Waals surface area contributed by atoms with E-state index in [2.05, 4.69) is 49.0 Å². The first-order valence-corrected chi connectivity index (χ1v) is 7.81. The summed E-state index contributed by atoms with van der Waals surface area (Å²) < 4.78 is 14.3. The minimum absolute atomic E-state index is 0.365. The minimum Gasteiger partial charge on any atom is -0.534 e. The Morgan fingerprint density at radius 1 is 1.05 bits per heavy atom. The Bertz CT molecular complexity index is 865. The van der Waals surface area contributed by atoms with E-state index in [1.165, 1.54) is 20.2 Å². The molecule has 0 N–H and O–H groups in total. The van der Waals surface area contributed by atoms with Crippen LogP contribution in [0.2, 0.25) is 0 Å². The molecular formula is C17H15BO2S. The van der Waals surface area contributed by atoms with Gasteiger partial charge >= 0.3 is 7.12 Å². The van der Waals surface area contributed by atoms with Gasteiger partial charge in [-0.2, -0.15) is 0 Å². The fraction of sp³-hybridized carbons (Fsp3) is 0.176. The van der Waals surface area contributed by atoms with Crippen LogP contribution in [0.3, 0.4) is 0 Å². The normalized spacial score (nSPS) is 17.6. The number of thiophene rings is 1. The lowest BCUT2D eigenvalue weighted by Crippen LogP contribution is -2.34. The van der Waals surface area contributed by atoms with E-state index >= 15 is 0 Å². The van der Waals surface area contributed by atoms with Gasteiger partial charge in [0.15, 0.2) is 0 Å². The van der Waals surface area contributed by atoms with Gasteiger partial charge in [0.05, 0.1) is 5.76 Å². The summed E-state index contributed by atoms with van der Waals surface area (Å²) in [4.78, 5) is 0. The maximum atomic E-state index is 5.97. The molecule has 0 saturated carbocycles. The zero-order valence-corrected chi connectivity index (χ0v) is 12.9. The van der Waals surface area contributed by atoms with Crippen molar-refractivity contribution in [3.8, 4) is 0 Å². The van der Waals surface area contributed by atoms with Gasteiger partial charge in [0.25, 0.3) is 0 Å². The monoisotopic (exact) mass is 294 g/mol. The fourth-order valence-corrected chi connectivity index (χ4v) is 3.74. The first-order valence-electron chi connectivity index (χ1n) is 7.00. The van der Waals surface area contributed by atoms with Gasteiger partial charge in [0.2, 0.25) is 0 Å². The predicted octanol–water partition coefficient (Wildman–Crippen LogP) is 4.09. The highest BCUT2D eigenvalue weighted by Gasteiger charge is 2.42. The highest BCUT2D eigenvalue weighted by atomic mass is 32.1. The number of fused-ring (bicyclic) bond motifs is 3. The summed E-state index contributed by atoms with van der Waals surface area (Å²) in [6, 6.07) is 14.9. The van der Waals surface area contributed by atoms with Crippen molar-refractivity contribution in [2.45, 2.75) is 19.4 Å². The molecule has 1 aliphatic rings. The molecule has 0 bridgehead atoms. The largest absolute Gasteiger partial charge is 0.563 e. The molecule has 0 atom stereocenters. The van der Waals surface area contributed by atoms with Crippen LogP contribution in [0.25, 0.3) is 20.2 Å². The van der Waals surface area contributed by atoms with Crippen molar-refractivity contribution in [1.82, 2.24) is 0 Å². The summed E-state index contributed by atoms with van der Waals surface area (Å²) in [5.74, 6) is 0.683. The van der Waals surface area contributed by atoms with Crippen molar-refractivity contribution in [2.75, 3.05) is 0 Å². The first kappa shape index (κ1) is 12.9. The van der Waals surface area contributed by atoms with Gasteiger partial charge in [-0.15, -0.1) is 11.3 Å². The van der Waals surface area contributed by atoms with Crippen LogP contribution in [0.1, 0.15) is 13.8 Å². The second-order valence-electron chi connectivity index (χ2n) is 5.85. The van der Waals surface area contributed by atoms with E-state index in [-0.39, 0.29) is 7.12 Å². The fourth-order valence-electron chi connectivity index (χ4n) is 2.65. The van der Waals surface area contributed by atoms with Gasteiger partial charge in [-0.1, -0.05) is 36.9 Å². The Morgan fingerprint density at radius 3 is 2.57 bits per heavy atom. The molecule has 1 aliphatic heterocycles. The molecule has 4 heteroatoms. The molecule has 0 spiro atoms. The first-order chi connectivity index (χ1) is 10.0. The molecule has 2 nitrogen and oxygen atoms in total. The van der Waals surface area contributed by atoms with Crippen molar-refractivity contribution in [3.63, 3.8) is 0 Å². The van der Waals surface area contributed by atoms with E-state index in [9.17, 15) is 0 Å². The average molecular weight is 294 g/mol. The van der Waals surface area contributed by atoms with Gasteiger partial charge in [-0.05, 0) is 31.4 Å². The van der Waals surface area contributed by atoms with Crippen LogP contribution in [0.15, 0.2) is 54.8 Å². The Labute approximate surface area is 128 Å². The molecule has 2 heterocycles. The summed E-state index contributed by atoms with van der Waals surface area (Å²) in [6.45, 7) is 7.90. The van der Waals surface area contributed by atoms with Crippen LogP contribution in [0, 0.1) is 0 Å². The van der Waals surface area contributed by atoms with Crippen molar-refractivity contribution in [3.05, 3.63) is 54.8 Å². The Hall–Kier alpha value is -1.78. The molecule has 2 aromatic carbocycles. The Kier molecular flexibility index (Phi) is 2.68. The molecule has 0 aliphatic carbocycles. The standard InChI is InChI=1S/C17H15BO2S/c1-11-17(2,3)20-18(19-11)12-8-9-16-14(10-12)13-6-4-5-7-15(13)21-16/h4-10H,1H2,2-3H3. The van der Waals surface area contributed by atoms with Crippen molar-refractivity contribution in [1.29, 1.82) is 0 Å². The summed E-state index contributed by atoms with van der Waals surface area (Å²) in [5, 5.41) is 2.55. The molecule has 1 fully saturated rings. The second kappa shape index (κ2) is 4.36. The summed E-state index contributed by atoms with van der Waals surface area (Å²) in [6.07, 6.45) is 0. The van der Waals surface area contributed by atoms with Crippen molar-refractivity contribution in [2.24, 2.45) is 0 Å². The summed E-state index contributed by atoms with van der Waals surface area (Å²) >= 11 is 1.81. The van der Waals surface area contributed by atoms with E-state index in [0.717, 1.165) is 5.46 Å². The molecule has 0 radical (unpaired) electrons. The summed E-state index contributed by atoms with van der Waals surface area (Å²) in [7, 11) is -0.365. The number of rotatable bonds is 1. The smallest absolute Gasteiger partial charge is 0.534 e. The van der Waals surface area contributed by atoms with Crippen LogP contribution in [0.5, 0.6) is 0 Å². The lowest BCUT2D eigenvalue weighted by Gasteiger charge is -2.15. The van der Waals surface area contributed by atoms with E-state index in [1.54, 1.807) is 0 Å². The zero-order chi connectivity index (χ0) is 14.6. The predicted molar refractivity (Wildman–Crippen MR) is 90.1 cm³/mol. The van der Waals surface area contributed by atoms with Crippen LogP contribution < -0.4 is 5.46 Å². The van der Waals surface area contributed by atoms with Crippen LogP contribution in [-0.2, 0) is 9.31 Å². The second-order valence-corrected chi connectivity index (χ2v) is 6.94. The maximum absolute atomic E-state index is 5.97. The van der Waals surface area contributed by atoms with E-state index < -0.39 is 5.60 Å². The van der Waals surface area contributed by atoms with E-state index in [1.807, 2.05) is 25.2 Å². The Balaban J connectivity index is 1.84. The van der Waals surface area contributed by atoms with Gasteiger partial charge in [-0.25, -0.2) is 0 Å². The average Bonchev–Trinajstić information content (AvgIpc) is 2.96. The quantitative estimate of drug-likeness (QED) is 0.629. The highest BCUT2D eigenvalue weighted by molar-refractivity contribution is 7.25. The molecule has 4 rings (SSSR count). The number of hydrogen-bond donors (Lipinski definition) is 0. The van der Waals surface area contributed by atoms with Gasteiger partial charge in [0, 0.05) is 20.2 Å². The summed E-state index contributed by atoms with van der Waals surface area (Å²) in [5.41, 5.74) is 0.605. The maximum Gasteiger partial charge on any atom is 0.563 e. The molecular weight excluding hydrogens is 279 g/mol. The van der Waals surface area contributed by atoms with E-state index in [4.69, 9.17) is 9.31 Å². The Morgan fingerprint density at radius 2 is 1.81 bits per heavy atom. The van der Waals surface area contributed by atoms with Crippen LogP contribution in [-0.4, -0.2) is 12.7 Å². The molecule has 21 heavy (non-hydrogen) atoms. The SMILES string of the molecule is C=C1OB(c2ccc3sc4ccccc4c3c2)OC1(C)C. The molecule has 1 saturated heterocycles. The molecule has 0 unspecified atom stereocenters. The third kappa shape index (κ3) is 1.98. The zero-order valence-electron chi connectivity index (χ0n) is 12.1. The molecule has 1 aromatic heterocycles. The topological polar surface area (TPSA) is 18.5 Å². The minimum atomic E-state index is -0.434. The van der Waals surface area contributed by atoms with E-state index in [0.29, 0.717) is 5.76 Å². The van der Waals surface area contributed by atoms with Gasteiger partial charge in [-0.3, -0.25) is 0 Å². The number of benzene rings is 2.